The van der Waals surface area contributed by atoms with Gasteiger partial charge >= 0.3 is 0 Å². The minimum atomic E-state index is -0.872. The molecule has 0 aromatic heterocycles. The zero-order chi connectivity index (χ0) is 43.0. The highest BCUT2D eigenvalue weighted by Gasteiger charge is 2.48. The third-order valence-corrected chi connectivity index (χ3v) is 15.3. The third-order valence-electron chi connectivity index (χ3n) is 15.3. The molecule has 1 spiro atoms. The molecule has 0 unspecified atom stereocenters. The molecule has 3 aromatic rings. The van der Waals surface area contributed by atoms with Gasteiger partial charge in [0.25, 0.3) is 0 Å². The van der Waals surface area contributed by atoms with E-state index in [1.807, 2.05) is 24.3 Å². The third kappa shape index (κ3) is 8.56. The smallest absolute Gasteiger partial charge is 0.185 e. The number of hydrogen-bond donors (Lipinski definition) is 6. The standard InChI is InChI=1S/C51H69N3O7/c1-5-30-22-32(11-10-31(30)15-20-55)36-23-34-25-41(57)35(21-29(2)3)24-37(34)48-46(59-4)28-44-38(47(36)48)27-42(58)49(61-44)33-12-13-40(56)45(26-33)60-43-9-8-18-51(16-6-7-17-51)39(43)14-19-54-50(52)53/h10-13,24-26,28-32,36,39,42-43,49,55-58H,5-9,14-23,27H2,1-4H3,(H4,52,53,54)/t30-,31+,32-,36-,39-,42-,43-,49+/m1/s1. The molecule has 1 heterocycles. The van der Waals surface area contributed by atoms with E-state index in [4.69, 9.17) is 25.7 Å². The number of rotatable bonds is 13. The van der Waals surface area contributed by atoms with E-state index in [2.05, 4.69) is 44.0 Å². The van der Waals surface area contributed by atoms with Crippen molar-refractivity contribution in [2.45, 2.75) is 135 Å². The lowest BCUT2D eigenvalue weighted by molar-refractivity contribution is -0.0148. The maximum absolute atomic E-state index is 12.2. The lowest BCUT2D eigenvalue weighted by Gasteiger charge is -2.46. The summed E-state index contributed by atoms with van der Waals surface area (Å²) in [5.41, 5.74) is 18.6. The van der Waals surface area contributed by atoms with Gasteiger partial charge in [0.2, 0.25) is 0 Å². The Labute approximate surface area is 362 Å². The van der Waals surface area contributed by atoms with Crippen LogP contribution in [0.15, 0.2) is 53.5 Å². The maximum atomic E-state index is 12.2. The number of aliphatic hydroxyl groups excluding tert-OH is 2. The van der Waals surface area contributed by atoms with E-state index in [1.54, 1.807) is 13.2 Å². The van der Waals surface area contributed by atoms with E-state index < -0.39 is 12.2 Å². The number of aromatic hydroxyl groups is 2. The molecular formula is C51H69N3O7. The van der Waals surface area contributed by atoms with Gasteiger partial charge in [0.05, 0.1) is 13.2 Å². The second-order valence-corrected chi connectivity index (χ2v) is 19.4. The highest BCUT2D eigenvalue weighted by atomic mass is 16.5. The number of benzene rings is 3. The van der Waals surface area contributed by atoms with E-state index in [9.17, 15) is 20.4 Å². The van der Waals surface area contributed by atoms with Crippen LogP contribution in [0.5, 0.6) is 28.7 Å². The summed E-state index contributed by atoms with van der Waals surface area (Å²) in [6.07, 6.45) is 16.4. The molecule has 0 bridgehead atoms. The number of hydrogen-bond acceptors (Lipinski definition) is 8. The average Bonchev–Trinajstić information content (AvgIpc) is 3.70. The Balaban J connectivity index is 1.16. The molecule has 10 nitrogen and oxygen atoms in total. The highest BCUT2D eigenvalue weighted by Crippen LogP contribution is 2.57. The second kappa shape index (κ2) is 18.1. The highest BCUT2D eigenvalue weighted by molar-refractivity contribution is 5.84. The summed E-state index contributed by atoms with van der Waals surface area (Å²) in [5, 5.41) is 44.6. The first-order chi connectivity index (χ1) is 29.4. The fourth-order valence-corrected chi connectivity index (χ4v) is 12.4. The SMILES string of the molecule is CC[C@@H]1C[C@H]([C@H]2Cc3cc(O)c(CC(C)C)cc3-c3c(OC)cc4c(c32)C[C@@H](O)[C@H](c2ccc(O)c(O[C@@H]3CCCC5(CCCC5)[C@@H]3CCN=C(N)N)c2)O4)C=C[C@H]1CCO. The van der Waals surface area contributed by atoms with Crippen molar-refractivity contribution in [1.29, 1.82) is 0 Å². The van der Waals surface area contributed by atoms with E-state index in [0.29, 0.717) is 53.7 Å². The molecule has 8 rings (SSSR count). The van der Waals surface area contributed by atoms with Gasteiger partial charge in [0.1, 0.15) is 29.5 Å². The predicted octanol–water partition coefficient (Wildman–Crippen LogP) is 9.02. The number of phenolic OH excluding ortho intramolecular Hbond substituents is 2. The van der Waals surface area contributed by atoms with Crippen molar-refractivity contribution in [3.63, 3.8) is 0 Å². The van der Waals surface area contributed by atoms with Gasteiger partial charge in [-0.1, -0.05) is 58.3 Å². The van der Waals surface area contributed by atoms with Crippen molar-refractivity contribution in [3.05, 3.63) is 76.4 Å². The molecular weight excluding hydrogens is 767 g/mol. The van der Waals surface area contributed by atoms with E-state index in [1.165, 1.54) is 32.1 Å². The van der Waals surface area contributed by atoms with Crippen LogP contribution in [0.3, 0.4) is 0 Å². The Hall–Kier alpha value is -4.41. The average molecular weight is 836 g/mol. The quantitative estimate of drug-likeness (QED) is 0.0558. The van der Waals surface area contributed by atoms with E-state index in [-0.39, 0.29) is 47.6 Å². The van der Waals surface area contributed by atoms with Gasteiger partial charge in [0, 0.05) is 42.7 Å². The molecule has 1 aliphatic heterocycles. The van der Waals surface area contributed by atoms with Crippen LogP contribution in [0.4, 0.5) is 0 Å². The number of aliphatic hydroxyl groups is 2. The van der Waals surface area contributed by atoms with Gasteiger partial charge in [0.15, 0.2) is 17.5 Å². The first-order valence-electron chi connectivity index (χ1n) is 23.2. The van der Waals surface area contributed by atoms with Crippen molar-refractivity contribution < 1.29 is 34.6 Å². The lowest BCUT2D eigenvalue weighted by atomic mass is 9.62. The molecule has 5 aliphatic rings. The molecule has 8 atom stereocenters. The Kier molecular flexibility index (Phi) is 12.9. The molecule has 2 fully saturated rings. The number of fused-ring (bicyclic) bond motifs is 5. The molecule has 2 saturated carbocycles. The van der Waals surface area contributed by atoms with Crippen LogP contribution in [0.2, 0.25) is 0 Å². The number of ether oxygens (including phenoxy) is 3. The fourth-order valence-electron chi connectivity index (χ4n) is 12.4. The number of phenols is 2. The predicted molar refractivity (Wildman–Crippen MR) is 240 cm³/mol. The Bertz CT molecular complexity index is 2100. The van der Waals surface area contributed by atoms with Crippen LogP contribution in [0, 0.1) is 35.0 Å². The number of nitrogens with zero attached hydrogens (tertiary/aromatic N) is 1. The van der Waals surface area contributed by atoms with Gasteiger partial charge in [-0.3, -0.25) is 4.99 Å². The fraction of sp³-hybridized carbons (Fsp3) is 0.588. The maximum Gasteiger partial charge on any atom is 0.185 e. The minimum absolute atomic E-state index is 0.0571. The summed E-state index contributed by atoms with van der Waals surface area (Å²) in [4.78, 5) is 4.34. The zero-order valence-electron chi connectivity index (χ0n) is 36.7. The second-order valence-electron chi connectivity index (χ2n) is 19.4. The Morgan fingerprint density at radius 2 is 1.75 bits per heavy atom. The van der Waals surface area contributed by atoms with Gasteiger partial charge in [-0.05, 0) is 151 Å². The lowest BCUT2D eigenvalue weighted by Crippen LogP contribution is -2.44. The summed E-state index contributed by atoms with van der Waals surface area (Å²) in [7, 11) is 1.71. The van der Waals surface area contributed by atoms with Crippen molar-refractivity contribution in [2.75, 3.05) is 20.3 Å². The van der Waals surface area contributed by atoms with Crippen molar-refractivity contribution in [3.8, 4) is 39.9 Å². The van der Waals surface area contributed by atoms with Crippen LogP contribution in [0.25, 0.3) is 11.1 Å². The topological polar surface area (TPSA) is 173 Å². The number of aliphatic imine (C=N–C) groups is 1. The Morgan fingerprint density at radius 1 is 0.967 bits per heavy atom. The molecule has 10 heteroatoms. The van der Waals surface area contributed by atoms with Crippen LogP contribution >= 0.6 is 0 Å². The number of methoxy groups -OCH3 is 1. The van der Waals surface area contributed by atoms with Crippen LogP contribution in [-0.2, 0) is 19.3 Å². The molecule has 0 radical (unpaired) electrons. The van der Waals surface area contributed by atoms with Crippen molar-refractivity contribution >= 4 is 5.96 Å². The summed E-state index contributed by atoms with van der Waals surface area (Å²) in [5.74, 6) is 3.97. The monoisotopic (exact) mass is 836 g/mol. The number of guanidine groups is 1. The molecule has 0 amide bonds. The molecule has 330 valence electrons. The summed E-state index contributed by atoms with van der Waals surface area (Å²) >= 11 is 0. The number of allylic oxidation sites excluding steroid dienone is 2. The minimum Gasteiger partial charge on any atom is -0.508 e. The first-order valence-corrected chi connectivity index (χ1v) is 23.2. The van der Waals surface area contributed by atoms with Gasteiger partial charge in [-0.15, -0.1) is 0 Å². The molecule has 3 aromatic carbocycles. The van der Waals surface area contributed by atoms with E-state index >= 15 is 0 Å². The molecule has 61 heavy (non-hydrogen) atoms. The van der Waals surface area contributed by atoms with E-state index in [0.717, 1.165) is 90.3 Å². The van der Waals surface area contributed by atoms with Gasteiger partial charge in [-0.2, -0.15) is 0 Å². The van der Waals surface area contributed by atoms with Crippen molar-refractivity contribution in [2.24, 2.45) is 51.5 Å². The van der Waals surface area contributed by atoms with Crippen LogP contribution < -0.4 is 25.7 Å². The largest absolute Gasteiger partial charge is 0.508 e. The molecule has 8 N–H and O–H groups in total. The normalized spacial score (nSPS) is 27.5. The van der Waals surface area contributed by atoms with Crippen LogP contribution in [0.1, 0.15) is 131 Å². The summed E-state index contributed by atoms with van der Waals surface area (Å²) in [6.45, 7) is 7.29. The number of nitrogens with two attached hydrogens (primary N) is 2. The van der Waals surface area contributed by atoms with Crippen LogP contribution in [-0.4, -0.2) is 58.9 Å². The van der Waals surface area contributed by atoms with Crippen molar-refractivity contribution in [1.82, 2.24) is 0 Å². The molecule has 4 aliphatic carbocycles. The summed E-state index contributed by atoms with van der Waals surface area (Å²) in [6, 6.07) is 11.5. The zero-order valence-corrected chi connectivity index (χ0v) is 36.7. The summed E-state index contributed by atoms with van der Waals surface area (Å²) < 4.78 is 20.0. The first kappa shape index (κ1) is 43.2. The Morgan fingerprint density at radius 3 is 2.48 bits per heavy atom. The molecule has 0 saturated heterocycles. The van der Waals surface area contributed by atoms with Gasteiger partial charge < -0.3 is 46.1 Å². The van der Waals surface area contributed by atoms with Gasteiger partial charge in [-0.25, -0.2) is 0 Å².